The van der Waals surface area contributed by atoms with E-state index in [1.165, 1.54) is 72.3 Å². The molecule has 3 aliphatic carbocycles. The molecule has 0 fully saturated rings. The van der Waals surface area contributed by atoms with E-state index in [1.807, 2.05) is 0 Å². The minimum atomic E-state index is -0.611. The number of hydrogen-bond acceptors (Lipinski definition) is 3. The third-order valence-corrected chi connectivity index (χ3v) is 13.4. The summed E-state index contributed by atoms with van der Waals surface area (Å²) in [5.41, 5.74) is 22.1. The highest BCUT2D eigenvalue weighted by molar-refractivity contribution is 6.00. The normalized spacial score (nSPS) is 13.2. The molecule has 3 nitrogen and oxygen atoms in total. The van der Waals surface area contributed by atoms with E-state index in [2.05, 4.69) is 212 Å². The predicted molar refractivity (Wildman–Crippen MR) is 252 cm³/mol. The fourth-order valence-corrected chi connectivity index (χ4v) is 10.8. The van der Waals surface area contributed by atoms with Crippen molar-refractivity contribution >= 4 is 0 Å². The first-order valence-corrected chi connectivity index (χ1v) is 21.4. The lowest BCUT2D eigenvalue weighted by Crippen LogP contribution is -2.29. The summed E-state index contributed by atoms with van der Waals surface area (Å²) in [6.07, 6.45) is 0.929. The molecule has 62 heavy (non-hydrogen) atoms. The number of hydrogen-bond donors (Lipinski definition) is 0. The molecular weight excluding hydrogens is 751 g/mol. The summed E-state index contributed by atoms with van der Waals surface area (Å²) in [7, 11) is 0. The van der Waals surface area contributed by atoms with Crippen molar-refractivity contribution in [3.63, 3.8) is 0 Å². The first-order valence-electron chi connectivity index (χ1n) is 21.4. The molecule has 1 spiro atoms. The maximum absolute atomic E-state index is 5.50. The fourth-order valence-electron chi connectivity index (χ4n) is 10.8. The lowest BCUT2D eigenvalue weighted by molar-refractivity contribution is 0.775. The molecule has 3 aliphatic rings. The minimum absolute atomic E-state index is 0.611. The molecule has 0 amide bonds. The summed E-state index contributed by atoms with van der Waals surface area (Å²) in [6.45, 7) is 0. The molecule has 0 radical (unpaired) electrons. The topological polar surface area (TPSA) is 38.7 Å². The van der Waals surface area contributed by atoms with Crippen LogP contribution >= 0.6 is 0 Å². The molecule has 3 heteroatoms. The van der Waals surface area contributed by atoms with E-state index in [1.54, 1.807) is 0 Å². The summed E-state index contributed by atoms with van der Waals surface area (Å²) in [6, 6.07) is 77.2. The van der Waals surface area contributed by atoms with E-state index in [4.69, 9.17) is 15.0 Å². The maximum Gasteiger partial charge on any atom is 0.164 e. The van der Waals surface area contributed by atoms with Gasteiger partial charge in [-0.05, 0) is 102 Å². The van der Waals surface area contributed by atoms with Crippen LogP contribution in [0.3, 0.4) is 0 Å². The summed E-state index contributed by atoms with van der Waals surface area (Å²) in [4.78, 5) is 16.3. The molecule has 13 rings (SSSR count). The number of rotatable bonds is 4. The van der Waals surface area contributed by atoms with E-state index in [0.717, 1.165) is 39.8 Å². The van der Waals surface area contributed by atoms with Gasteiger partial charge in [-0.15, -0.1) is 0 Å². The van der Waals surface area contributed by atoms with Gasteiger partial charge in [0.2, 0.25) is 0 Å². The van der Waals surface area contributed by atoms with Crippen LogP contribution in [-0.4, -0.2) is 15.0 Å². The van der Waals surface area contributed by atoms with Gasteiger partial charge in [0.25, 0.3) is 0 Å². The highest BCUT2D eigenvalue weighted by atomic mass is 15.0. The smallest absolute Gasteiger partial charge is 0.164 e. The van der Waals surface area contributed by atoms with Crippen LogP contribution in [0.15, 0.2) is 212 Å². The molecule has 0 unspecified atom stereocenters. The summed E-state index contributed by atoms with van der Waals surface area (Å²) in [5, 5.41) is 0. The van der Waals surface area contributed by atoms with Gasteiger partial charge in [-0.2, -0.15) is 0 Å². The lowest BCUT2D eigenvalue weighted by atomic mass is 9.66. The first kappa shape index (κ1) is 34.8. The van der Waals surface area contributed by atoms with Crippen LogP contribution in [0.5, 0.6) is 0 Å². The van der Waals surface area contributed by atoms with Gasteiger partial charge in [0.1, 0.15) is 0 Å². The van der Waals surface area contributed by atoms with Gasteiger partial charge in [0, 0.05) is 16.7 Å². The predicted octanol–water partition coefficient (Wildman–Crippen LogP) is 14.1. The molecule has 0 atom stereocenters. The molecule has 1 heterocycles. The highest BCUT2D eigenvalue weighted by Crippen LogP contribution is 2.62. The molecule has 0 saturated heterocycles. The van der Waals surface area contributed by atoms with Gasteiger partial charge in [-0.3, -0.25) is 0 Å². The molecule has 10 aromatic rings. The average molecular weight is 788 g/mol. The highest BCUT2D eigenvalue weighted by Gasteiger charge is 2.50. The zero-order valence-electron chi connectivity index (χ0n) is 33.8. The zero-order chi connectivity index (χ0) is 40.8. The Morgan fingerprint density at radius 1 is 0.274 bits per heavy atom. The Balaban J connectivity index is 1.10. The van der Waals surface area contributed by atoms with Crippen LogP contribution in [0.4, 0.5) is 0 Å². The maximum atomic E-state index is 5.50. The van der Waals surface area contributed by atoms with Crippen molar-refractivity contribution in [2.75, 3.05) is 0 Å². The van der Waals surface area contributed by atoms with E-state index < -0.39 is 5.41 Å². The third-order valence-electron chi connectivity index (χ3n) is 13.4. The second-order valence-electron chi connectivity index (χ2n) is 16.6. The van der Waals surface area contributed by atoms with Gasteiger partial charge in [0.15, 0.2) is 17.5 Å². The second kappa shape index (κ2) is 13.5. The number of nitrogens with zero attached hydrogens (tertiary/aromatic N) is 3. The van der Waals surface area contributed by atoms with Crippen molar-refractivity contribution in [2.24, 2.45) is 0 Å². The van der Waals surface area contributed by atoms with E-state index in [9.17, 15) is 0 Å². The SMILES string of the molecule is c1ccc(-c2ccccc2-c2nc(-c3ccc4c(c3)-c3ccccc3C4)nc(-c3cccc4c3-c3ccccc3C43c4ccccc4-c4ccccc4-c4ccccc43)n2)cc1. The van der Waals surface area contributed by atoms with Crippen molar-refractivity contribution < 1.29 is 0 Å². The van der Waals surface area contributed by atoms with Crippen molar-refractivity contribution in [1.29, 1.82) is 0 Å². The van der Waals surface area contributed by atoms with Crippen LogP contribution in [-0.2, 0) is 11.8 Å². The van der Waals surface area contributed by atoms with E-state index in [-0.39, 0.29) is 0 Å². The monoisotopic (exact) mass is 787 g/mol. The van der Waals surface area contributed by atoms with Gasteiger partial charge >= 0.3 is 0 Å². The number of fused-ring (bicyclic) bond motifs is 15. The lowest BCUT2D eigenvalue weighted by Gasteiger charge is -2.35. The summed E-state index contributed by atoms with van der Waals surface area (Å²) in [5.74, 6) is 1.94. The Morgan fingerprint density at radius 3 is 1.44 bits per heavy atom. The first-order chi connectivity index (χ1) is 30.8. The Morgan fingerprint density at radius 2 is 0.742 bits per heavy atom. The molecule has 0 bridgehead atoms. The molecule has 0 saturated carbocycles. The Kier molecular flexibility index (Phi) is 7.58. The van der Waals surface area contributed by atoms with Crippen molar-refractivity contribution in [1.82, 2.24) is 15.0 Å². The Labute approximate surface area is 360 Å². The minimum Gasteiger partial charge on any atom is -0.208 e. The zero-order valence-corrected chi connectivity index (χ0v) is 33.8. The molecule has 288 valence electrons. The number of benzene rings is 9. The van der Waals surface area contributed by atoms with Crippen molar-refractivity contribution in [2.45, 2.75) is 11.8 Å². The molecular formula is C59H37N3. The van der Waals surface area contributed by atoms with Crippen molar-refractivity contribution in [3.05, 3.63) is 246 Å². The third kappa shape index (κ3) is 4.97. The second-order valence-corrected chi connectivity index (χ2v) is 16.6. The van der Waals surface area contributed by atoms with Crippen LogP contribution in [0.1, 0.15) is 33.4 Å². The van der Waals surface area contributed by atoms with Crippen LogP contribution < -0.4 is 0 Å². The van der Waals surface area contributed by atoms with Crippen LogP contribution in [0.25, 0.3) is 89.8 Å². The molecule has 0 N–H and O–H groups in total. The quantitative estimate of drug-likeness (QED) is 0.178. The molecule has 1 aromatic heterocycles. The standard InChI is InChI=1S/C59H37N3/c1-2-17-37(18-3-1)41-20-6-9-26-47(41)57-60-56(40-34-33-39-35-38-19-4-5-21-42(38)50(39)36-40)61-58(62-57)49-28-16-32-54-55(49)48-27-12-15-31-53(48)59(54)51-29-13-10-24-45(51)43-22-7-8-23-44(43)46-25-11-14-30-52(46)59/h1-34,36H,35H2. The number of aromatic nitrogens is 3. The van der Waals surface area contributed by atoms with E-state index >= 15 is 0 Å². The fraction of sp³-hybridized carbons (Fsp3) is 0.0339. The molecule has 0 aliphatic heterocycles. The van der Waals surface area contributed by atoms with Crippen molar-refractivity contribution in [3.8, 4) is 89.8 Å². The van der Waals surface area contributed by atoms with Crippen LogP contribution in [0, 0.1) is 0 Å². The van der Waals surface area contributed by atoms with Crippen LogP contribution in [0.2, 0.25) is 0 Å². The molecule has 9 aromatic carbocycles. The van der Waals surface area contributed by atoms with Gasteiger partial charge in [-0.1, -0.05) is 206 Å². The van der Waals surface area contributed by atoms with Gasteiger partial charge in [0.05, 0.1) is 5.41 Å². The van der Waals surface area contributed by atoms with Gasteiger partial charge < -0.3 is 0 Å². The van der Waals surface area contributed by atoms with E-state index in [0.29, 0.717) is 17.5 Å². The average Bonchev–Trinajstić information content (AvgIpc) is 3.84. The Bertz CT molecular complexity index is 3390. The summed E-state index contributed by atoms with van der Waals surface area (Å²) >= 11 is 0. The summed E-state index contributed by atoms with van der Waals surface area (Å²) < 4.78 is 0. The van der Waals surface area contributed by atoms with Gasteiger partial charge in [-0.25, -0.2) is 15.0 Å². The largest absolute Gasteiger partial charge is 0.208 e. The Hall–Kier alpha value is -8.01.